The lowest BCUT2D eigenvalue weighted by molar-refractivity contribution is 0.0696. The maximum absolute atomic E-state index is 12.0. The highest BCUT2D eigenvalue weighted by atomic mass is 35.5. The van der Waals surface area contributed by atoms with E-state index in [0.29, 0.717) is 0 Å². The summed E-state index contributed by atoms with van der Waals surface area (Å²) in [6.45, 7) is 3.03. The van der Waals surface area contributed by atoms with Gasteiger partial charge in [-0.15, -0.1) is 0 Å². The molecule has 0 aliphatic carbocycles. The molecule has 0 heterocycles. The lowest BCUT2D eigenvalue weighted by Gasteiger charge is -2.16. The number of rotatable bonds is 5. The average molecular weight is 307 g/mol. The number of hydrogen-bond acceptors (Lipinski definition) is 4. The van der Waals surface area contributed by atoms with Crippen molar-refractivity contribution < 1.29 is 23.4 Å². The zero-order chi connectivity index (χ0) is 14.8. The van der Waals surface area contributed by atoms with Gasteiger partial charge in [-0.05, 0) is 38.5 Å². The second kappa shape index (κ2) is 5.48. The van der Waals surface area contributed by atoms with Crippen molar-refractivity contribution in [3.63, 3.8) is 0 Å². The van der Waals surface area contributed by atoms with Crippen LogP contribution in [0.1, 0.15) is 30.6 Å². The molecule has 0 spiro atoms. The Morgan fingerprint density at radius 2 is 1.95 bits per heavy atom. The minimum atomic E-state index is -3.60. The number of carbonyl (C=O) groups is 1. The van der Waals surface area contributed by atoms with Crippen molar-refractivity contribution in [2.75, 3.05) is 5.75 Å². The van der Waals surface area contributed by atoms with Gasteiger partial charge in [0.2, 0.25) is 0 Å². The fraction of sp³-hybridized carbons (Fsp3) is 0.417. The van der Waals surface area contributed by atoms with E-state index in [2.05, 4.69) is 0 Å². The maximum Gasteiger partial charge on any atom is 0.337 e. The number of aromatic carboxylic acids is 1. The maximum atomic E-state index is 12.0. The number of hydrogen-bond donors (Lipinski definition) is 2. The smallest absolute Gasteiger partial charge is 0.337 e. The van der Waals surface area contributed by atoms with Gasteiger partial charge in [-0.3, -0.25) is 0 Å². The van der Waals surface area contributed by atoms with Gasteiger partial charge in [0.15, 0.2) is 9.84 Å². The van der Waals surface area contributed by atoms with E-state index in [4.69, 9.17) is 16.7 Å². The summed E-state index contributed by atoms with van der Waals surface area (Å²) >= 11 is 5.73. The summed E-state index contributed by atoms with van der Waals surface area (Å²) in [5, 5.41) is 18.2. The molecule has 1 rings (SSSR count). The van der Waals surface area contributed by atoms with Crippen molar-refractivity contribution in [1.82, 2.24) is 0 Å². The van der Waals surface area contributed by atoms with Crippen LogP contribution in [0.3, 0.4) is 0 Å². The van der Waals surface area contributed by atoms with Crippen LogP contribution in [0.25, 0.3) is 0 Å². The molecule has 0 radical (unpaired) electrons. The molecule has 0 fully saturated rings. The van der Waals surface area contributed by atoms with Crippen LogP contribution in [-0.4, -0.2) is 36.0 Å². The molecule has 0 aliphatic rings. The highest BCUT2D eigenvalue weighted by Crippen LogP contribution is 2.23. The molecule has 0 saturated carbocycles. The average Bonchev–Trinajstić information content (AvgIpc) is 2.25. The lowest BCUT2D eigenvalue weighted by atomic mass is 10.1. The Labute approximate surface area is 116 Å². The largest absolute Gasteiger partial charge is 0.478 e. The first-order chi connectivity index (χ1) is 8.53. The summed E-state index contributed by atoms with van der Waals surface area (Å²) in [6, 6.07) is 3.47. The Hall–Kier alpha value is -1.11. The van der Waals surface area contributed by atoms with Gasteiger partial charge in [0.1, 0.15) is 0 Å². The molecule has 19 heavy (non-hydrogen) atoms. The molecular weight excluding hydrogens is 292 g/mol. The first-order valence-corrected chi connectivity index (χ1v) is 7.54. The molecule has 1 aromatic carbocycles. The number of carboxylic acid groups (broad SMARTS) is 1. The minimum Gasteiger partial charge on any atom is -0.478 e. The first kappa shape index (κ1) is 15.9. The number of halogens is 1. The highest BCUT2D eigenvalue weighted by molar-refractivity contribution is 7.91. The van der Waals surface area contributed by atoms with Gasteiger partial charge in [-0.1, -0.05) is 11.6 Å². The standard InChI is InChI=1S/C12H15ClO5S/c1-12(2,16)5-6-19(17,18)8-3-4-9(11(14)15)10(13)7-8/h3-4,7,16H,5-6H2,1-2H3,(H,14,15). The summed E-state index contributed by atoms with van der Waals surface area (Å²) in [5.74, 6) is -1.45. The van der Waals surface area contributed by atoms with Crippen molar-refractivity contribution >= 4 is 27.4 Å². The highest BCUT2D eigenvalue weighted by Gasteiger charge is 2.22. The van der Waals surface area contributed by atoms with Crippen molar-refractivity contribution in [2.24, 2.45) is 0 Å². The van der Waals surface area contributed by atoms with E-state index in [0.717, 1.165) is 12.1 Å². The number of benzene rings is 1. The Balaban J connectivity index is 3.03. The van der Waals surface area contributed by atoms with Crippen LogP contribution in [0.4, 0.5) is 0 Å². The third kappa shape index (κ3) is 4.49. The molecule has 2 N–H and O–H groups in total. The summed E-state index contributed by atoms with van der Waals surface area (Å²) in [7, 11) is -3.60. The van der Waals surface area contributed by atoms with Gasteiger partial charge in [0.25, 0.3) is 0 Å². The summed E-state index contributed by atoms with van der Waals surface area (Å²) in [4.78, 5) is 10.7. The fourth-order valence-corrected chi connectivity index (χ4v) is 3.27. The normalized spacial score (nSPS) is 12.4. The van der Waals surface area contributed by atoms with Crippen LogP contribution in [0.5, 0.6) is 0 Å². The summed E-state index contributed by atoms with van der Waals surface area (Å²) < 4.78 is 24.0. The van der Waals surface area contributed by atoms with E-state index in [-0.39, 0.29) is 27.7 Å². The number of aliphatic hydroxyl groups is 1. The zero-order valence-electron chi connectivity index (χ0n) is 10.6. The zero-order valence-corrected chi connectivity index (χ0v) is 12.1. The van der Waals surface area contributed by atoms with Crippen LogP contribution in [0.2, 0.25) is 5.02 Å². The van der Waals surface area contributed by atoms with Crippen LogP contribution in [0, 0.1) is 0 Å². The van der Waals surface area contributed by atoms with Gasteiger partial charge >= 0.3 is 5.97 Å². The van der Waals surface area contributed by atoms with Gasteiger partial charge in [-0.2, -0.15) is 0 Å². The Morgan fingerprint density at radius 1 is 1.37 bits per heavy atom. The Bertz CT molecular complexity index is 587. The van der Waals surface area contributed by atoms with Crippen molar-refractivity contribution in [3.05, 3.63) is 28.8 Å². The van der Waals surface area contributed by atoms with E-state index >= 15 is 0 Å². The Kier molecular flexibility index (Phi) is 4.60. The molecule has 0 unspecified atom stereocenters. The van der Waals surface area contributed by atoms with Crippen LogP contribution >= 0.6 is 11.6 Å². The molecule has 5 nitrogen and oxygen atoms in total. The fourth-order valence-electron chi connectivity index (χ4n) is 1.36. The molecule has 1 aromatic rings. The van der Waals surface area contributed by atoms with Gasteiger partial charge in [0.05, 0.1) is 26.8 Å². The lowest BCUT2D eigenvalue weighted by Crippen LogP contribution is -2.23. The first-order valence-electron chi connectivity index (χ1n) is 5.51. The van der Waals surface area contributed by atoms with E-state index in [1.54, 1.807) is 0 Å². The monoisotopic (exact) mass is 306 g/mol. The molecule has 0 aliphatic heterocycles. The molecule has 7 heteroatoms. The van der Waals surface area contributed by atoms with E-state index in [9.17, 15) is 18.3 Å². The van der Waals surface area contributed by atoms with Crippen molar-refractivity contribution in [1.29, 1.82) is 0 Å². The minimum absolute atomic E-state index is 0.0493. The quantitative estimate of drug-likeness (QED) is 0.867. The van der Waals surface area contributed by atoms with E-state index in [1.807, 2.05) is 0 Å². The molecule has 0 aromatic heterocycles. The second-order valence-electron chi connectivity index (χ2n) is 4.83. The molecular formula is C12H15ClO5S. The van der Waals surface area contributed by atoms with Gasteiger partial charge in [-0.25, -0.2) is 13.2 Å². The molecule has 0 saturated heterocycles. The van der Waals surface area contributed by atoms with E-state index < -0.39 is 21.4 Å². The van der Waals surface area contributed by atoms with Gasteiger partial charge < -0.3 is 10.2 Å². The van der Waals surface area contributed by atoms with Gasteiger partial charge in [0, 0.05) is 0 Å². The topological polar surface area (TPSA) is 91.7 Å². The molecule has 0 bridgehead atoms. The predicted octanol–water partition coefficient (Wildman–Crippen LogP) is 1.97. The summed E-state index contributed by atoms with van der Waals surface area (Å²) in [6.07, 6.45) is 0.0770. The number of carboxylic acids is 1. The Morgan fingerprint density at radius 3 is 2.37 bits per heavy atom. The third-order valence-electron chi connectivity index (χ3n) is 2.51. The SMILES string of the molecule is CC(C)(O)CCS(=O)(=O)c1ccc(C(=O)O)c(Cl)c1. The second-order valence-corrected chi connectivity index (χ2v) is 7.34. The molecule has 0 amide bonds. The molecule has 0 atom stereocenters. The van der Waals surface area contributed by atoms with E-state index in [1.165, 1.54) is 19.9 Å². The summed E-state index contributed by atoms with van der Waals surface area (Å²) in [5.41, 5.74) is -1.24. The number of sulfone groups is 1. The van der Waals surface area contributed by atoms with Crippen molar-refractivity contribution in [2.45, 2.75) is 30.8 Å². The van der Waals surface area contributed by atoms with Crippen LogP contribution in [0.15, 0.2) is 23.1 Å². The van der Waals surface area contributed by atoms with Crippen molar-refractivity contribution in [3.8, 4) is 0 Å². The van der Waals surface area contributed by atoms with Crippen LogP contribution in [-0.2, 0) is 9.84 Å². The predicted molar refractivity (Wildman–Crippen MR) is 71.4 cm³/mol. The molecule has 106 valence electrons. The van der Waals surface area contributed by atoms with Crippen LogP contribution < -0.4 is 0 Å². The third-order valence-corrected chi connectivity index (χ3v) is 4.54.